The zero-order chi connectivity index (χ0) is 17.4. The van der Waals surface area contributed by atoms with Crippen molar-refractivity contribution in [3.05, 3.63) is 48.0 Å². The van der Waals surface area contributed by atoms with E-state index in [0.717, 1.165) is 33.2 Å². The van der Waals surface area contributed by atoms with Crippen molar-refractivity contribution < 1.29 is 4.74 Å². The summed E-state index contributed by atoms with van der Waals surface area (Å²) in [6.07, 6.45) is 0. The highest BCUT2D eigenvalue weighted by Crippen LogP contribution is 2.35. The fourth-order valence-electron chi connectivity index (χ4n) is 2.58. The molecule has 0 unspecified atom stereocenters. The summed E-state index contributed by atoms with van der Waals surface area (Å²) in [6, 6.07) is 13.8. The lowest BCUT2D eigenvalue weighted by atomic mass is 10.2. The second-order valence-corrected chi connectivity index (χ2v) is 6.69. The van der Waals surface area contributed by atoms with Crippen LogP contribution in [0.3, 0.4) is 0 Å². The first-order valence-electron chi connectivity index (χ1n) is 7.76. The molecule has 0 aliphatic carbocycles. The molecular formula is C18H17N5OS. The number of nitrogens with zero attached hydrogens (tertiary/aromatic N) is 2. The second-order valence-electron chi connectivity index (χ2n) is 5.69. The third kappa shape index (κ3) is 3.01. The molecule has 0 bridgehead atoms. The lowest BCUT2D eigenvalue weighted by molar-refractivity contribution is 0.415. The fourth-order valence-corrected chi connectivity index (χ4v) is 3.43. The van der Waals surface area contributed by atoms with Gasteiger partial charge in [0.25, 0.3) is 0 Å². The summed E-state index contributed by atoms with van der Waals surface area (Å²) in [5.74, 6) is 2.00. The molecule has 2 aromatic carbocycles. The molecule has 4 N–H and O–H groups in total. The largest absolute Gasteiger partial charge is 0.497 e. The Balaban J connectivity index is 1.64. The number of nitrogens with two attached hydrogens (primary N) is 1. The number of aromatic amines is 1. The first kappa shape index (κ1) is 15.5. The number of fused-ring (bicyclic) bond motifs is 1. The van der Waals surface area contributed by atoms with Crippen molar-refractivity contribution >= 4 is 39.0 Å². The Morgan fingerprint density at radius 2 is 1.92 bits per heavy atom. The van der Waals surface area contributed by atoms with Gasteiger partial charge in [-0.15, -0.1) is 0 Å². The summed E-state index contributed by atoms with van der Waals surface area (Å²) >= 11 is 1.46. The number of hydrogen-bond acceptors (Lipinski definition) is 6. The van der Waals surface area contributed by atoms with Gasteiger partial charge in [0.1, 0.15) is 16.4 Å². The van der Waals surface area contributed by atoms with E-state index in [1.807, 2.05) is 43.3 Å². The molecule has 0 saturated carbocycles. The van der Waals surface area contributed by atoms with Gasteiger partial charge in [-0.1, -0.05) is 17.4 Å². The molecule has 0 radical (unpaired) electrons. The molecule has 0 fully saturated rings. The van der Waals surface area contributed by atoms with Crippen LogP contribution in [0, 0.1) is 6.92 Å². The number of aryl methyl sites for hydroxylation is 1. The molecule has 0 amide bonds. The predicted octanol–water partition coefficient (Wildman–Crippen LogP) is 4.33. The van der Waals surface area contributed by atoms with E-state index >= 15 is 0 Å². The summed E-state index contributed by atoms with van der Waals surface area (Å²) in [5, 5.41) is 3.98. The summed E-state index contributed by atoms with van der Waals surface area (Å²) in [4.78, 5) is 13.2. The van der Waals surface area contributed by atoms with E-state index in [9.17, 15) is 0 Å². The molecule has 0 atom stereocenters. The fraction of sp³-hybridized carbons (Fsp3) is 0.111. The Morgan fingerprint density at radius 3 is 2.68 bits per heavy atom. The number of anilines is 3. The number of thiazole rings is 1. The number of rotatable bonds is 4. The average molecular weight is 351 g/mol. The predicted molar refractivity (Wildman–Crippen MR) is 103 cm³/mol. The van der Waals surface area contributed by atoms with Gasteiger partial charge < -0.3 is 20.8 Å². The van der Waals surface area contributed by atoms with E-state index in [4.69, 9.17) is 10.5 Å². The van der Waals surface area contributed by atoms with Crippen molar-refractivity contribution in [3.63, 3.8) is 0 Å². The van der Waals surface area contributed by atoms with Gasteiger partial charge in [0.05, 0.1) is 18.1 Å². The number of benzene rings is 2. The first-order valence-corrected chi connectivity index (χ1v) is 8.58. The van der Waals surface area contributed by atoms with Crippen molar-refractivity contribution in [1.29, 1.82) is 0 Å². The van der Waals surface area contributed by atoms with Crippen LogP contribution in [0.2, 0.25) is 0 Å². The van der Waals surface area contributed by atoms with Crippen LogP contribution >= 0.6 is 11.3 Å². The van der Waals surface area contributed by atoms with Crippen LogP contribution in [0.25, 0.3) is 21.7 Å². The molecule has 0 aliphatic heterocycles. The van der Waals surface area contributed by atoms with Crippen LogP contribution in [0.1, 0.15) is 5.56 Å². The summed E-state index contributed by atoms with van der Waals surface area (Å²) in [5.41, 5.74) is 10.1. The summed E-state index contributed by atoms with van der Waals surface area (Å²) < 4.78 is 5.16. The molecule has 6 nitrogen and oxygen atoms in total. The van der Waals surface area contributed by atoms with Crippen molar-refractivity contribution in [3.8, 4) is 16.5 Å². The summed E-state index contributed by atoms with van der Waals surface area (Å²) in [6.45, 7) is 2.05. The van der Waals surface area contributed by atoms with Gasteiger partial charge in [0.2, 0.25) is 0 Å². The van der Waals surface area contributed by atoms with Crippen molar-refractivity contribution in [2.24, 2.45) is 0 Å². The van der Waals surface area contributed by atoms with Crippen LogP contribution in [0.5, 0.6) is 5.75 Å². The molecule has 4 rings (SSSR count). The number of nitrogens with one attached hydrogen (secondary N) is 2. The third-order valence-electron chi connectivity index (χ3n) is 3.85. The minimum atomic E-state index is 0.455. The van der Waals surface area contributed by atoms with Crippen molar-refractivity contribution in [1.82, 2.24) is 15.0 Å². The van der Waals surface area contributed by atoms with Gasteiger partial charge in [-0.2, -0.15) is 0 Å². The number of H-pyrrole nitrogens is 1. The minimum absolute atomic E-state index is 0.455. The van der Waals surface area contributed by atoms with Crippen LogP contribution in [0.15, 0.2) is 42.5 Å². The van der Waals surface area contributed by atoms with Crippen LogP contribution in [0.4, 0.5) is 16.6 Å². The highest BCUT2D eigenvalue weighted by atomic mass is 32.1. The highest BCUT2D eigenvalue weighted by molar-refractivity contribution is 7.19. The van der Waals surface area contributed by atoms with Gasteiger partial charge in [0.15, 0.2) is 11.0 Å². The van der Waals surface area contributed by atoms with Crippen LogP contribution < -0.4 is 15.8 Å². The number of aromatic nitrogens is 3. The Kier molecular flexibility index (Phi) is 3.77. The molecule has 4 aromatic rings. The normalized spacial score (nSPS) is 11.0. The highest BCUT2D eigenvalue weighted by Gasteiger charge is 2.14. The van der Waals surface area contributed by atoms with E-state index in [-0.39, 0.29) is 0 Å². The Labute approximate surface area is 148 Å². The standard InChI is InChI=1S/C18H17N5OS/c1-10-3-8-13-14(9-10)22-17(21-13)15-16(19)23-18(25-15)20-11-4-6-12(24-2)7-5-11/h3-9H,19H2,1-2H3,(H,20,23)(H,21,22). The van der Waals surface area contributed by atoms with Gasteiger partial charge in [0, 0.05) is 5.69 Å². The van der Waals surface area contributed by atoms with E-state index < -0.39 is 0 Å². The van der Waals surface area contributed by atoms with Gasteiger partial charge in [-0.05, 0) is 48.9 Å². The van der Waals surface area contributed by atoms with Gasteiger partial charge in [-0.3, -0.25) is 0 Å². The summed E-state index contributed by atoms with van der Waals surface area (Å²) in [7, 11) is 1.64. The third-order valence-corrected chi connectivity index (χ3v) is 4.84. The maximum absolute atomic E-state index is 6.10. The molecular weight excluding hydrogens is 334 g/mol. The number of methoxy groups -OCH3 is 1. The molecule has 0 aliphatic rings. The number of hydrogen-bond donors (Lipinski definition) is 3. The molecule has 2 heterocycles. The Bertz CT molecular complexity index is 1040. The van der Waals surface area contributed by atoms with Crippen LogP contribution in [-0.4, -0.2) is 22.1 Å². The minimum Gasteiger partial charge on any atom is -0.497 e. The molecule has 0 spiro atoms. The Morgan fingerprint density at radius 1 is 1.12 bits per heavy atom. The maximum atomic E-state index is 6.10. The van der Waals surface area contributed by atoms with Crippen LogP contribution in [-0.2, 0) is 0 Å². The maximum Gasteiger partial charge on any atom is 0.189 e. The number of nitrogen functional groups attached to an aromatic ring is 1. The van der Waals surface area contributed by atoms with E-state index in [1.54, 1.807) is 7.11 Å². The average Bonchev–Trinajstić information content (AvgIpc) is 3.18. The lowest BCUT2D eigenvalue weighted by Gasteiger charge is -2.03. The number of imidazole rings is 1. The zero-order valence-corrected chi connectivity index (χ0v) is 14.6. The smallest absolute Gasteiger partial charge is 0.189 e. The quantitative estimate of drug-likeness (QED) is 0.509. The monoisotopic (exact) mass is 351 g/mol. The van der Waals surface area contributed by atoms with Crippen molar-refractivity contribution in [2.75, 3.05) is 18.2 Å². The van der Waals surface area contributed by atoms with E-state index in [1.165, 1.54) is 16.9 Å². The number of ether oxygens (including phenoxy) is 1. The molecule has 2 aromatic heterocycles. The van der Waals surface area contributed by atoms with Crippen molar-refractivity contribution in [2.45, 2.75) is 6.92 Å². The van der Waals surface area contributed by atoms with E-state index in [0.29, 0.717) is 10.9 Å². The lowest BCUT2D eigenvalue weighted by Crippen LogP contribution is -1.91. The van der Waals surface area contributed by atoms with E-state index in [2.05, 4.69) is 26.3 Å². The molecule has 0 saturated heterocycles. The second kappa shape index (κ2) is 6.10. The topological polar surface area (TPSA) is 88.8 Å². The Hall–Kier alpha value is -3.06. The first-order chi connectivity index (χ1) is 12.1. The molecule has 7 heteroatoms. The van der Waals surface area contributed by atoms with Gasteiger partial charge in [-0.25, -0.2) is 9.97 Å². The molecule has 126 valence electrons. The van der Waals surface area contributed by atoms with Gasteiger partial charge >= 0.3 is 0 Å². The zero-order valence-electron chi connectivity index (χ0n) is 13.8. The molecule has 25 heavy (non-hydrogen) atoms. The SMILES string of the molecule is COc1ccc(Nc2nc(N)c(-c3nc4cc(C)ccc4[nH]3)s2)cc1.